The van der Waals surface area contributed by atoms with Crippen molar-refractivity contribution in [2.45, 2.75) is 63.6 Å². The molecular formula is C19H23N7O2. The number of aromatic amines is 1. The zero-order valence-electron chi connectivity index (χ0n) is 15.9. The number of amides is 1. The molecule has 2 aliphatic rings. The number of rotatable bonds is 4. The van der Waals surface area contributed by atoms with Gasteiger partial charge in [-0.25, -0.2) is 14.8 Å². The van der Waals surface area contributed by atoms with Crippen molar-refractivity contribution in [3.05, 3.63) is 29.8 Å². The fourth-order valence-corrected chi connectivity index (χ4v) is 4.10. The van der Waals surface area contributed by atoms with Crippen LogP contribution in [0.15, 0.2) is 18.5 Å². The first kappa shape index (κ1) is 18.2. The van der Waals surface area contributed by atoms with Crippen molar-refractivity contribution in [2.24, 2.45) is 0 Å². The predicted molar refractivity (Wildman–Crippen MR) is 101 cm³/mol. The van der Waals surface area contributed by atoms with Gasteiger partial charge in [0.2, 0.25) is 0 Å². The third-order valence-electron chi connectivity index (χ3n) is 5.55. The predicted octanol–water partition coefficient (Wildman–Crippen LogP) is 3.07. The van der Waals surface area contributed by atoms with Crippen LogP contribution in [0.5, 0.6) is 0 Å². The number of nitrogens with zero attached hydrogens (tertiary/aromatic N) is 5. The lowest BCUT2D eigenvalue weighted by Crippen LogP contribution is -2.56. The van der Waals surface area contributed by atoms with Gasteiger partial charge in [-0.2, -0.15) is 10.4 Å². The highest BCUT2D eigenvalue weighted by atomic mass is 16.6. The summed E-state index contributed by atoms with van der Waals surface area (Å²) in [5.41, 5.74) is 1.27. The number of nitrogens with one attached hydrogen (secondary N) is 2. The third-order valence-corrected chi connectivity index (χ3v) is 5.55. The fraction of sp³-hybridized carbons (Fsp3) is 0.526. The molecule has 2 fully saturated rings. The van der Waals surface area contributed by atoms with Crippen molar-refractivity contribution in [1.29, 1.82) is 5.26 Å². The van der Waals surface area contributed by atoms with Crippen LogP contribution < -0.4 is 5.32 Å². The number of H-pyrrole nitrogens is 1. The molecule has 4 rings (SSSR count). The molecule has 9 nitrogen and oxygen atoms in total. The van der Waals surface area contributed by atoms with Gasteiger partial charge in [-0.1, -0.05) is 0 Å². The van der Waals surface area contributed by atoms with E-state index in [0.29, 0.717) is 11.6 Å². The molecule has 1 saturated heterocycles. The van der Waals surface area contributed by atoms with Crippen LogP contribution >= 0.6 is 0 Å². The van der Waals surface area contributed by atoms with E-state index in [1.807, 2.05) is 17.0 Å². The SMILES string of the molecule is CC1CC(C)N1C(=O)O[C@@H]1CC[C@H](c2cc(Nc3cnc(C#N)cn3)n[nH]2)C1. The van der Waals surface area contributed by atoms with Gasteiger partial charge in [0, 0.05) is 29.8 Å². The van der Waals surface area contributed by atoms with Gasteiger partial charge in [-0.15, -0.1) is 0 Å². The van der Waals surface area contributed by atoms with E-state index < -0.39 is 0 Å². The highest BCUT2D eigenvalue weighted by Crippen LogP contribution is 2.37. The Morgan fingerprint density at radius 2 is 2.07 bits per heavy atom. The second-order valence-electron chi connectivity index (χ2n) is 7.59. The van der Waals surface area contributed by atoms with Crippen LogP contribution in [0.2, 0.25) is 0 Å². The highest BCUT2D eigenvalue weighted by Gasteiger charge is 2.39. The Morgan fingerprint density at radius 1 is 1.25 bits per heavy atom. The van der Waals surface area contributed by atoms with Crippen LogP contribution in [0.3, 0.4) is 0 Å². The molecule has 1 aliphatic heterocycles. The summed E-state index contributed by atoms with van der Waals surface area (Å²) in [6.07, 6.45) is 6.29. The minimum absolute atomic E-state index is 0.0541. The van der Waals surface area contributed by atoms with Gasteiger partial charge in [0.25, 0.3) is 0 Å². The summed E-state index contributed by atoms with van der Waals surface area (Å²) in [7, 11) is 0. The van der Waals surface area contributed by atoms with E-state index >= 15 is 0 Å². The van der Waals surface area contributed by atoms with Crippen molar-refractivity contribution in [3.8, 4) is 6.07 Å². The molecule has 2 N–H and O–H groups in total. The van der Waals surface area contributed by atoms with Gasteiger partial charge < -0.3 is 15.0 Å². The molecule has 0 bridgehead atoms. The summed E-state index contributed by atoms with van der Waals surface area (Å²) in [5, 5.41) is 19.2. The van der Waals surface area contributed by atoms with E-state index in [2.05, 4.69) is 39.3 Å². The zero-order chi connectivity index (χ0) is 19.7. The molecule has 1 aliphatic carbocycles. The first-order chi connectivity index (χ1) is 13.5. The van der Waals surface area contributed by atoms with Gasteiger partial charge >= 0.3 is 6.09 Å². The van der Waals surface area contributed by atoms with Crippen LogP contribution in [0.1, 0.15) is 56.8 Å². The normalized spacial score (nSPS) is 26.4. The van der Waals surface area contributed by atoms with Crippen LogP contribution in [0.4, 0.5) is 16.4 Å². The van der Waals surface area contributed by atoms with E-state index in [9.17, 15) is 4.79 Å². The average Bonchev–Trinajstić information content (AvgIpc) is 3.31. The lowest BCUT2D eigenvalue weighted by molar-refractivity contribution is 0.000894. The van der Waals surface area contributed by atoms with E-state index in [4.69, 9.17) is 10.00 Å². The van der Waals surface area contributed by atoms with Crippen molar-refractivity contribution < 1.29 is 9.53 Å². The molecule has 2 aromatic rings. The molecule has 4 atom stereocenters. The summed E-state index contributed by atoms with van der Waals surface area (Å²) in [6, 6.07) is 4.41. The van der Waals surface area contributed by atoms with E-state index in [0.717, 1.165) is 31.4 Å². The van der Waals surface area contributed by atoms with Crippen molar-refractivity contribution in [2.75, 3.05) is 5.32 Å². The van der Waals surface area contributed by atoms with Gasteiger partial charge in [-0.05, 0) is 39.5 Å². The average molecular weight is 381 g/mol. The largest absolute Gasteiger partial charge is 0.446 e. The number of ether oxygens (including phenoxy) is 1. The Balaban J connectivity index is 1.32. The molecule has 9 heteroatoms. The van der Waals surface area contributed by atoms with E-state index in [1.165, 1.54) is 12.4 Å². The second kappa shape index (κ2) is 7.46. The quantitative estimate of drug-likeness (QED) is 0.835. The number of carbonyl (C=O) groups excluding carboxylic acids is 1. The summed E-state index contributed by atoms with van der Waals surface area (Å²) < 4.78 is 5.72. The minimum Gasteiger partial charge on any atom is -0.446 e. The zero-order valence-corrected chi connectivity index (χ0v) is 15.9. The van der Waals surface area contributed by atoms with Crippen molar-refractivity contribution in [1.82, 2.24) is 25.1 Å². The molecule has 1 amide bonds. The standard InChI is InChI=1S/C19H23N7O2/c1-11-5-12(2)26(11)19(27)28-15-4-3-13(6-15)16-7-17(25-24-16)23-18-10-21-14(8-20)9-22-18/h7,9-13,15H,3-6H2,1-2H3,(H2,22,23,24,25)/t11?,12?,13-,15+/m0/s1. The summed E-state index contributed by atoms with van der Waals surface area (Å²) >= 11 is 0. The molecular weight excluding hydrogens is 358 g/mol. The maximum absolute atomic E-state index is 12.3. The van der Waals surface area contributed by atoms with Crippen molar-refractivity contribution >= 4 is 17.7 Å². The summed E-state index contributed by atoms with van der Waals surface area (Å²) in [6.45, 7) is 4.10. The van der Waals surface area contributed by atoms with Gasteiger partial charge in [0.15, 0.2) is 11.5 Å². The van der Waals surface area contributed by atoms with Crippen molar-refractivity contribution in [3.63, 3.8) is 0 Å². The first-order valence-electron chi connectivity index (χ1n) is 9.57. The molecule has 3 heterocycles. The highest BCUT2D eigenvalue weighted by molar-refractivity contribution is 5.69. The Bertz CT molecular complexity index is 880. The fourth-order valence-electron chi connectivity index (χ4n) is 4.10. The molecule has 28 heavy (non-hydrogen) atoms. The Morgan fingerprint density at radius 3 is 2.75 bits per heavy atom. The van der Waals surface area contributed by atoms with Crippen LogP contribution in [0.25, 0.3) is 0 Å². The van der Waals surface area contributed by atoms with E-state index in [1.54, 1.807) is 0 Å². The number of nitriles is 1. The summed E-state index contributed by atoms with van der Waals surface area (Å²) in [5.74, 6) is 1.44. The molecule has 0 radical (unpaired) electrons. The third kappa shape index (κ3) is 3.63. The molecule has 2 unspecified atom stereocenters. The van der Waals surface area contributed by atoms with Crippen LogP contribution in [-0.2, 0) is 4.74 Å². The van der Waals surface area contributed by atoms with Gasteiger partial charge in [-0.3, -0.25) is 5.10 Å². The minimum atomic E-state index is -0.191. The number of carbonyl (C=O) groups is 1. The molecule has 0 spiro atoms. The number of hydrogen-bond acceptors (Lipinski definition) is 7. The molecule has 0 aromatic carbocycles. The van der Waals surface area contributed by atoms with Crippen LogP contribution in [0, 0.1) is 11.3 Å². The number of aromatic nitrogens is 4. The maximum atomic E-state index is 12.3. The number of hydrogen-bond donors (Lipinski definition) is 2. The number of anilines is 2. The molecule has 146 valence electrons. The lowest BCUT2D eigenvalue weighted by atomic mass is 9.97. The monoisotopic (exact) mass is 381 g/mol. The lowest BCUT2D eigenvalue weighted by Gasteiger charge is -2.44. The second-order valence-corrected chi connectivity index (χ2v) is 7.59. The van der Waals surface area contributed by atoms with Gasteiger partial charge in [0.05, 0.1) is 12.4 Å². The summed E-state index contributed by atoms with van der Waals surface area (Å²) in [4.78, 5) is 22.3. The first-order valence-corrected chi connectivity index (χ1v) is 9.57. The Kier molecular flexibility index (Phi) is 4.86. The van der Waals surface area contributed by atoms with Gasteiger partial charge in [0.1, 0.15) is 18.0 Å². The molecule has 1 saturated carbocycles. The molecule has 2 aromatic heterocycles. The smallest absolute Gasteiger partial charge is 0.410 e. The topological polar surface area (TPSA) is 120 Å². The Labute approximate surface area is 163 Å². The number of likely N-dealkylation sites (tertiary alicyclic amines) is 1. The maximum Gasteiger partial charge on any atom is 0.410 e. The van der Waals surface area contributed by atoms with E-state index in [-0.39, 0.29) is 35.9 Å². The van der Waals surface area contributed by atoms with Crippen LogP contribution in [-0.4, -0.2) is 49.3 Å². The Hall–Kier alpha value is -3.15.